The van der Waals surface area contributed by atoms with Crippen LogP contribution < -0.4 is 10.2 Å². The first-order valence-corrected chi connectivity index (χ1v) is 6.66. The molecule has 1 fully saturated rings. The Morgan fingerprint density at radius 1 is 1.45 bits per heavy atom. The summed E-state index contributed by atoms with van der Waals surface area (Å²) in [6.45, 7) is 5.43. The number of nitro groups is 1. The molecule has 1 aliphatic heterocycles. The van der Waals surface area contributed by atoms with Gasteiger partial charge in [0.2, 0.25) is 0 Å². The van der Waals surface area contributed by atoms with Gasteiger partial charge in [-0.3, -0.25) is 15.0 Å². The first-order valence-electron chi connectivity index (χ1n) is 6.66. The molecule has 0 spiro atoms. The molecule has 0 amide bonds. The average Bonchev–Trinajstić information content (AvgIpc) is 2.45. The van der Waals surface area contributed by atoms with E-state index in [4.69, 9.17) is 0 Å². The van der Waals surface area contributed by atoms with E-state index < -0.39 is 10.7 Å². The predicted octanol–water partition coefficient (Wildman–Crippen LogP) is 1.08. The van der Waals surface area contributed by atoms with Gasteiger partial charge in [-0.05, 0) is 12.1 Å². The highest BCUT2D eigenvalue weighted by molar-refractivity contribution is 5.62. The fraction of sp³-hybridized carbons (Fsp3) is 0.538. The van der Waals surface area contributed by atoms with Gasteiger partial charge in [-0.1, -0.05) is 0 Å². The van der Waals surface area contributed by atoms with Gasteiger partial charge in [0, 0.05) is 46.3 Å². The molecule has 1 aromatic rings. The number of piperazine rings is 1. The Morgan fingerprint density at radius 2 is 2.15 bits per heavy atom. The van der Waals surface area contributed by atoms with Crippen molar-refractivity contribution in [1.29, 1.82) is 0 Å². The van der Waals surface area contributed by atoms with E-state index >= 15 is 0 Å². The number of benzene rings is 1. The summed E-state index contributed by atoms with van der Waals surface area (Å²) in [7, 11) is 1.79. The molecule has 1 saturated heterocycles. The van der Waals surface area contributed by atoms with Crippen LogP contribution in [-0.2, 0) is 0 Å². The first kappa shape index (κ1) is 14.7. The van der Waals surface area contributed by atoms with Gasteiger partial charge in [-0.2, -0.15) is 0 Å². The molecule has 0 aromatic heterocycles. The van der Waals surface area contributed by atoms with Gasteiger partial charge in [0.25, 0.3) is 5.69 Å². The molecule has 0 atom stereocenters. The van der Waals surface area contributed by atoms with Gasteiger partial charge in [0.05, 0.1) is 11.0 Å². The summed E-state index contributed by atoms with van der Waals surface area (Å²) >= 11 is 0. The molecule has 1 aromatic carbocycles. The van der Waals surface area contributed by atoms with Gasteiger partial charge in [0.15, 0.2) is 0 Å². The van der Waals surface area contributed by atoms with E-state index in [1.807, 2.05) is 0 Å². The third kappa shape index (κ3) is 3.64. The van der Waals surface area contributed by atoms with Crippen LogP contribution >= 0.6 is 0 Å². The van der Waals surface area contributed by atoms with Gasteiger partial charge in [0.1, 0.15) is 11.5 Å². The number of anilines is 1. The predicted molar refractivity (Wildman–Crippen MR) is 75.6 cm³/mol. The molecule has 0 radical (unpaired) electrons. The lowest BCUT2D eigenvalue weighted by Gasteiger charge is -2.29. The van der Waals surface area contributed by atoms with Crippen LogP contribution in [0.3, 0.4) is 0 Å². The Hall–Kier alpha value is -1.73. The van der Waals surface area contributed by atoms with E-state index in [0.717, 1.165) is 38.8 Å². The first-order chi connectivity index (χ1) is 9.58. The van der Waals surface area contributed by atoms with E-state index in [1.54, 1.807) is 11.9 Å². The van der Waals surface area contributed by atoms with Crippen LogP contribution in [0.25, 0.3) is 0 Å². The second-order valence-electron chi connectivity index (χ2n) is 4.90. The van der Waals surface area contributed by atoms with Gasteiger partial charge >= 0.3 is 0 Å². The minimum atomic E-state index is -0.587. The highest BCUT2D eigenvalue weighted by Gasteiger charge is 2.19. The molecule has 6 nitrogen and oxygen atoms in total. The summed E-state index contributed by atoms with van der Waals surface area (Å²) in [6.07, 6.45) is 0. The number of likely N-dealkylation sites (N-methyl/N-ethyl adjacent to an activating group) is 1. The number of halogens is 1. The van der Waals surface area contributed by atoms with Crippen molar-refractivity contribution in [2.24, 2.45) is 0 Å². The molecule has 0 bridgehead atoms. The molecule has 20 heavy (non-hydrogen) atoms. The van der Waals surface area contributed by atoms with E-state index in [9.17, 15) is 14.5 Å². The second kappa shape index (κ2) is 6.62. The maximum absolute atomic E-state index is 13.1. The zero-order valence-electron chi connectivity index (χ0n) is 11.5. The van der Waals surface area contributed by atoms with E-state index in [0.29, 0.717) is 12.2 Å². The van der Waals surface area contributed by atoms with Crippen molar-refractivity contribution in [2.45, 2.75) is 0 Å². The average molecular weight is 282 g/mol. The number of hydrogen-bond acceptors (Lipinski definition) is 5. The largest absolute Gasteiger partial charge is 0.368 e. The number of hydrogen-bond donors (Lipinski definition) is 1. The summed E-state index contributed by atoms with van der Waals surface area (Å²) in [5.74, 6) is -0.587. The number of nitro benzene ring substituents is 1. The van der Waals surface area contributed by atoms with Crippen LogP contribution in [0.1, 0.15) is 0 Å². The summed E-state index contributed by atoms with van der Waals surface area (Å²) < 4.78 is 13.1. The smallest absolute Gasteiger partial charge is 0.295 e. The molecule has 7 heteroatoms. The van der Waals surface area contributed by atoms with Crippen molar-refractivity contribution in [3.63, 3.8) is 0 Å². The Balaban J connectivity index is 2.01. The lowest BCUT2D eigenvalue weighted by Crippen LogP contribution is -2.46. The highest BCUT2D eigenvalue weighted by Crippen LogP contribution is 2.27. The lowest BCUT2D eigenvalue weighted by atomic mass is 10.2. The second-order valence-corrected chi connectivity index (χ2v) is 4.90. The zero-order valence-corrected chi connectivity index (χ0v) is 11.5. The van der Waals surface area contributed by atoms with Crippen molar-refractivity contribution in [1.82, 2.24) is 10.2 Å². The minimum absolute atomic E-state index is 0.187. The van der Waals surface area contributed by atoms with E-state index in [1.165, 1.54) is 12.1 Å². The monoisotopic (exact) mass is 282 g/mol. The molecular formula is C13H19FN4O2. The Morgan fingerprint density at radius 3 is 2.80 bits per heavy atom. The molecule has 0 saturated carbocycles. The van der Waals surface area contributed by atoms with Gasteiger partial charge in [-0.15, -0.1) is 0 Å². The normalized spacial score (nSPS) is 16.1. The number of nitrogens with one attached hydrogen (secondary N) is 1. The topological polar surface area (TPSA) is 61.6 Å². The summed E-state index contributed by atoms with van der Waals surface area (Å²) in [4.78, 5) is 14.5. The highest BCUT2D eigenvalue weighted by atomic mass is 19.1. The lowest BCUT2D eigenvalue weighted by molar-refractivity contribution is -0.384. The van der Waals surface area contributed by atoms with Gasteiger partial charge < -0.3 is 10.2 Å². The fourth-order valence-electron chi connectivity index (χ4n) is 2.31. The zero-order chi connectivity index (χ0) is 14.5. The van der Waals surface area contributed by atoms with Crippen molar-refractivity contribution < 1.29 is 9.31 Å². The number of nitrogens with zero attached hydrogens (tertiary/aromatic N) is 3. The van der Waals surface area contributed by atoms with Crippen molar-refractivity contribution in [3.8, 4) is 0 Å². The fourth-order valence-corrected chi connectivity index (χ4v) is 2.31. The van der Waals surface area contributed by atoms with E-state index in [2.05, 4.69) is 10.2 Å². The molecule has 2 rings (SSSR count). The minimum Gasteiger partial charge on any atom is -0.368 e. The maximum atomic E-state index is 13.1. The van der Waals surface area contributed by atoms with Crippen LogP contribution in [0.5, 0.6) is 0 Å². The Labute approximate surface area is 117 Å². The summed E-state index contributed by atoms with van der Waals surface area (Å²) in [6, 6.07) is 3.69. The van der Waals surface area contributed by atoms with Crippen molar-refractivity contribution >= 4 is 11.4 Å². The molecule has 1 N–H and O–H groups in total. The summed E-state index contributed by atoms with van der Waals surface area (Å²) in [5.41, 5.74) is 0.263. The molecule has 0 unspecified atom stereocenters. The quantitative estimate of drug-likeness (QED) is 0.646. The van der Waals surface area contributed by atoms with Crippen molar-refractivity contribution in [2.75, 3.05) is 51.2 Å². The van der Waals surface area contributed by atoms with Crippen LogP contribution in [0.4, 0.5) is 15.8 Å². The Bertz CT molecular complexity index is 477. The van der Waals surface area contributed by atoms with Crippen molar-refractivity contribution in [3.05, 3.63) is 34.1 Å². The summed E-state index contributed by atoms with van der Waals surface area (Å²) in [5, 5.41) is 14.3. The maximum Gasteiger partial charge on any atom is 0.295 e. The molecule has 0 aliphatic carbocycles. The van der Waals surface area contributed by atoms with Gasteiger partial charge in [-0.25, -0.2) is 4.39 Å². The molecule has 1 aliphatic rings. The van der Waals surface area contributed by atoms with Crippen LogP contribution in [0.2, 0.25) is 0 Å². The van der Waals surface area contributed by atoms with E-state index in [-0.39, 0.29) is 5.69 Å². The molecular weight excluding hydrogens is 263 g/mol. The van der Waals surface area contributed by atoms with Crippen LogP contribution in [-0.4, -0.2) is 56.1 Å². The standard InChI is InChI=1S/C13H19FN4O2/c1-16(8-9-17-6-4-15-5-7-17)12-3-2-11(14)10-13(12)18(19)20/h2-3,10,15H,4-9H2,1H3. The third-order valence-corrected chi connectivity index (χ3v) is 3.51. The molecule has 110 valence electrons. The third-order valence-electron chi connectivity index (χ3n) is 3.51. The Kier molecular flexibility index (Phi) is 4.86. The molecule has 1 heterocycles. The number of rotatable bonds is 5. The SMILES string of the molecule is CN(CCN1CCNCC1)c1ccc(F)cc1[N+](=O)[O-]. The van der Waals surface area contributed by atoms with Crippen LogP contribution in [0, 0.1) is 15.9 Å². The van der Waals surface area contributed by atoms with Crippen LogP contribution in [0.15, 0.2) is 18.2 Å².